The molecule has 0 radical (unpaired) electrons. The van der Waals surface area contributed by atoms with Crippen LogP contribution in [0.5, 0.6) is 0 Å². The van der Waals surface area contributed by atoms with Crippen LogP contribution in [-0.2, 0) is 11.2 Å². The van der Waals surface area contributed by atoms with Crippen molar-refractivity contribution in [3.63, 3.8) is 0 Å². The summed E-state index contributed by atoms with van der Waals surface area (Å²) in [6.45, 7) is 4.90. The van der Waals surface area contributed by atoms with Gasteiger partial charge in [0.1, 0.15) is 0 Å². The predicted octanol–water partition coefficient (Wildman–Crippen LogP) is 2.87. The topological polar surface area (TPSA) is 40.5 Å². The summed E-state index contributed by atoms with van der Waals surface area (Å²) in [6.07, 6.45) is 3.43. The molecular weight excluding hydrogens is 246 g/mol. The van der Waals surface area contributed by atoms with Gasteiger partial charge in [-0.05, 0) is 50.2 Å². The first kappa shape index (κ1) is 13.6. The Morgan fingerprint density at radius 1 is 1.50 bits per heavy atom. The molecule has 0 amide bonds. The molecule has 2 heterocycles. The molecule has 0 bridgehead atoms. The van der Waals surface area contributed by atoms with Crippen molar-refractivity contribution in [1.82, 2.24) is 4.90 Å². The van der Waals surface area contributed by atoms with Crippen molar-refractivity contribution in [3.05, 3.63) is 22.4 Å². The van der Waals surface area contributed by atoms with Gasteiger partial charge < -0.3 is 10.0 Å². The van der Waals surface area contributed by atoms with E-state index in [2.05, 4.69) is 22.4 Å². The number of carboxylic acids is 1. The fraction of sp³-hybridized carbons (Fsp3) is 0.643. The van der Waals surface area contributed by atoms with E-state index in [1.165, 1.54) is 4.88 Å². The lowest BCUT2D eigenvalue weighted by Gasteiger charge is -2.38. The van der Waals surface area contributed by atoms with E-state index in [9.17, 15) is 9.90 Å². The minimum absolute atomic E-state index is 0.459. The van der Waals surface area contributed by atoms with Crippen LogP contribution in [0.1, 0.15) is 31.1 Å². The molecular formula is C14H21NO2S. The van der Waals surface area contributed by atoms with Crippen molar-refractivity contribution in [1.29, 1.82) is 0 Å². The number of carboxylic acid groups (broad SMARTS) is 1. The van der Waals surface area contributed by atoms with Gasteiger partial charge in [0.15, 0.2) is 0 Å². The smallest absolute Gasteiger partial charge is 0.309 e. The Kier molecular flexibility index (Phi) is 4.40. The average molecular weight is 267 g/mol. The van der Waals surface area contributed by atoms with Gasteiger partial charge in [-0.15, -0.1) is 11.3 Å². The number of thiophene rings is 1. The van der Waals surface area contributed by atoms with Crippen LogP contribution in [0, 0.1) is 5.41 Å². The van der Waals surface area contributed by atoms with Crippen LogP contribution >= 0.6 is 11.3 Å². The van der Waals surface area contributed by atoms with Gasteiger partial charge in [0.05, 0.1) is 5.41 Å². The Morgan fingerprint density at radius 3 is 2.72 bits per heavy atom. The highest BCUT2D eigenvalue weighted by molar-refractivity contribution is 7.09. The number of hydrogen-bond donors (Lipinski definition) is 1. The molecule has 2 rings (SSSR count). The Hall–Kier alpha value is -0.870. The molecule has 1 aliphatic heterocycles. The number of rotatable bonds is 5. The molecule has 0 saturated carbocycles. The van der Waals surface area contributed by atoms with Crippen molar-refractivity contribution in [2.75, 3.05) is 19.6 Å². The number of piperidine rings is 1. The number of carbonyl (C=O) groups is 1. The van der Waals surface area contributed by atoms with E-state index in [-0.39, 0.29) is 0 Å². The third-order valence-electron chi connectivity index (χ3n) is 4.20. The fourth-order valence-electron chi connectivity index (χ4n) is 2.65. The van der Waals surface area contributed by atoms with Gasteiger partial charge in [-0.25, -0.2) is 0 Å². The molecule has 1 aliphatic rings. The van der Waals surface area contributed by atoms with Crippen LogP contribution in [0.2, 0.25) is 0 Å². The molecule has 0 spiro atoms. The number of nitrogens with zero attached hydrogens (tertiary/aromatic N) is 1. The first-order valence-electron chi connectivity index (χ1n) is 6.64. The maximum atomic E-state index is 11.3. The highest BCUT2D eigenvalue weighted by atomic mass is 32.1. The molecule has 0 aliphatic carbocycles. The molecule has 1 aromatic heterocycles. The first-order valence-corrected chi connectivity index (χ1v) is 7.52. The lowest BCUT2D eigenvalue weighted by molar-refractivity contribution is -0.152. The second kappa shape index (κ2) is 5.85. The average Bonchev–Trinajstić information content (AvgIpc) is 2.90. The van der Waals surface area contributed by atoms with E-state index in [1.807, 2.05) is 6.92 Å². The summed E-state index contributed by atoms with van der Waals surface area (Å²) in [6, 6.07) is 4.25. The molecule has 18 heavy (non-hydrogen) atoms. The van der Waals surface area contributed by atoms with Gasteiger partial charge >= 0.3 is 5.97 Å². The SMILES string of the molecule is CCC1(C(=O)O)CCN(CCc2cccs2)CC1. The third-order valence-corrected chi connectivity index (χ3v) is 5.13. The zero-order chi connectivity index (χ0) is 13.0. The number of hydrogen-bond acceptors (Lipinski definition) is 3. The lowest BCUT2D eigenvalue weighted by Crippen LogP contribution is -2.44. The second-order valence-corrected chi connectivity index (χ2v) is 6.14. The van der Waals surface area contributed by atoms with E-state index in [1.54, 1.807) is 11.3 Å². The maximum absolute atomic E-state index is 11.3. The minimum atomic E-state index is -0.608. The van der Waals surface area contributed by atoms with E-state index < -0.39 is 11.4 Å². The fourth-order valence-corrected chi connectivity index (χ4v) is 3.34. The summed E-state index contributed by atoms with van der Waals surface area (Å²) < 4.78 is 0. The third kappa shape index (κ3) is 2.93. The van der Waals surface area contributed by atoms with Gasteiger partial charge in [-0.3, -0.25) is 4.79 Å². The van der Waals surface area contributed by atoms with Crippen molar-refractivity contribution >= 4 is 17.3 Å². The van der Waals surface area contributed by atoms with Gasteiger partial charge in [0, 0.05) is 11.4 Å². The molecule has 0 atom stereocenters. The Bertz CT molecular complexity index is 381. The highest BCUT2D eigenvalue weighted by Gasteiger charge is 2.39. The molecule has 1 fully saturated rings. The molecule has 4 heteroatoms. The van der Waals surface area contributed by atoms with Crippen LogP contribution in [-0.4, -0.2) is 35.6 Å². The van der Waals surface area contributed by atoms with Gasteiger partial charge in [0.25, 0.3) is 0 Å². The standard InChI is InChI=1S/C14H21NO2S/c1-2-14(13(16)17)6-9-15(10-7-14)8-5-12-4-3-11-18-12/h3-4,11H,2,5-10H2,1H3,(H,16,17). The van der Waals surface area contributed by atoms with E-state index in [0.717, 1.165) is 45.3 Å². The first-order chi connectivity index (χ1) is 8.66. The van der Waals surface area contributed by atoms with Crippen LogP contribution in [0.3, 0.4) is 0 Å². The molecule has 1 aromatic rings. The molecule has 100 valence electrons. The zero-order valence-corrected chi connectivity index (χ0v) is 11.7. The van der Waals surface area contributed by atoms with Crippen molar-refractivity contribution in [2.45, 2.75) is 32.6 Å². The van der Waals surface area contributed by atoms with Crippen LogP contribution in [0.15, 0.2) is 17.5 Å². The summed E-state index contributed by atoms with van der Waals surface area (Å²) >= 11 is 1.80. The largest absolute Gasteiger partial charge is 0.481 e. The minimum Gasteiger partial charge on any atom is -0.481 e. The monoisotopic (exact) mass is 267 g/mol. The van der Waals surface area contributed by atoms with Crippen LogP contribution in [0.4, 0.5) is 0 Å². The summed E-state index contributed by atoms with van der Waals surface area (Å²) in [4.78, 5) is 15.2. The zero-order valence-electron chi connectivity index (χ0n) is 10.9. The van der Waals surface area contributed by atoms with E-state index in [4.69, 9.17) is 0 Å². The summed E-state index contributed by atoms with van der Waals surface area (Å²) in [5.74, 6) is -0.608. The maximum Gasteiger partial charge on any atom is 0.309 e. The quantitative estimate of drug-likeness (QED) is 0.892. The van der Waals surface area contributed by atoms with Crippen LogP contribution < -0.4 is 0 Å². The second-order valence-electron chi connectivity index (χ2n) is 5.11. The van der Waals surface area contributed by atoms with E-state index in [0.29, 0.717) is 0 Å². The predicted molar refractivity (Wildman–Crippen MR) is 74.1 cm³/mol. The molecule has 1 saturated heterocycles. The number of aliphatic carboxylic acids is 1. The number of likely N-dealkylation sites (tertiary alicyclic amines) is 1. The van der Waals surface area contributed by atoms with Crippen molar-refractivity contribution in [2.24, 2.45) is 5.41 Å². The molecule has 0 aromatic carbocycles. The summed E-state index contributed by atoms with van der Waals surface area (Å²) in [5.41, 5.74) is -0.459. The summed E-state index contributed by atoms with van der Waals surface area (Å²) in [5, 5.41) is 11.4. The molecule has 1 N–H and O–H groups in total. The van der Waals surface area contributed by atoms with Gasteiger partial charge in [-0.1, -0.05) is 13.0 Å². The normalized spacial score (nSPS) is 19.8. The highest BCUT2D eigenvalue weighted by Crippen LogP contribution is 2.35. The van der Waals surface area contributed by atoms with Crippen molar-refractivity contribution < 1.29 is 9.90 Å². The van der Waals surface area contributed by atoms with E-state index >= 15 is 0 Å². The van der Waals surface area contributed by atoms with Gasteiger partial charge in [0.2, 0.25) is 0 Å². The van der Waals surface area contributed by atoms with Crippen molar-refractivity contribution in [3.8, 4) is 0 Å². The molecule has 0 unspecified atom stereocenters. The Balaban J connectivity index is 1.81. The summed E-state index contributed by atoms with van der Waals surface area (Å²) in [7, 11) is 0. The van der Waals surface area contributed by atoms with Gasteiger partial charge in [-0.2, -0.15) is 0 Å². The lowest BCUT2D eigenvalue weighted by atomic mass is 9.76. The van der Waals surface area contributed by atoms with Crippen LogP contribution in [0.25, 0.3) is 0 Å². The Morgan fingerprint density at radius 2 is 2.22 bits per heavy atom. The molecule has 3 nitrogen and oxygen atoms in total. The Labute approximate surface area is 112 Å².